The molecule has 0 radical (unpaired) electrons. The summed E-state index contributed by atoms with van der Waals surface area (Å²) in [5.74, 6) is -0.989. The van der Waals surface area contributed by atoms with Gasteiger partial charge in [-0.25, -0.2) is 19.6 Å². The standard InChI is InChI=1S/C42H53N11O7/c1-27(2)23-36(54)50-32(6-4-16-46-41(44)57)39(55)49-31-13-9-29(10-14-31)26-60-42(58)47-17-3-5-28-7-11-30(12-8-28)33-25-48-38(43)37(51-33)40(56)52-34-24-45-18-15-35(34)53-19-21-59-22-20-53/h7-15,18,24-25,27,32H,3-6,16-17,19-23,26H2,1-2H3,(H2,43,48)(H,47,58)(H,49,55)(H,50,54)(H,52,56)(H3,44,46,57)/t32-/m0/s1. The predicted molar refractivity (Wildman–Crippen MR) is 227 cm³/mol. The highest BCUT2D eigenvalue weighted by molar-refractivity contribution is 6.07. The van der Waals surface area contributed by atoms with E-state index in [0.717, 1.165) is 16.8 Å². The lowest BCUT2D eigenvalue weighted by atomic mass is 10.1. The average molecular weight is 824 g/mol. The minimum Gasteiger partial charge on any atom is -0.445 e. The van der Waals surface area contributed by atoms with E-state index < -0.39 is 30.0 Å². The number of benzene rings is 2. The van der Waals surface area contributed by atoms with Crippen LogP contribution in [0.5, 0.6) is 0 Å². The van der Waals surface area contributed by atoms with Crippen LogP contribution < -0.4 is 43.0 Å². The molecular weight excluding hydrogens is 771 g/mol. The minimum absolute atomic E-state index is 0.00569. The molecule has 1 saturated heterocycles. The van der Waals surface area contributed by atoms with Gasteiger partial charge < -0.3 is 52.4 Å². The van der Waals surface area contributed by atoms with Crippen LogP contribution in [0.4, 0.5) is 32.5 Å². The lowest BCUT2D eigenvalue weighted by Gasteiger charge is -2.30. The fourth-order valence-corrected chi connectivity index (χ4v) is 6.30. The Morgan fingerprint density at radius 1 is 0.883 bits per heavy atom. The number of urea groups is 1. The fraction of sp³-hybridized carbons (Fsp3) is 0.381. The van der Waals surface area contributed by atoms with Crippen LogP contribution in [0.25, 0.3) is 11.3 Å². The number of nitrogens with one attached hydrogen (secondary N) is 5. The van der Waals surface area contributed by atoms with Crippen molar-refractivity contribution in [2.75, 3.05) is 60.7 Å². The molecule has 9 N–H and O–H groups in total. The summed E-state index contributed by atoms with van der Waals surface area (Å²) in [7, 11) is 0. The van der Waals surface area contributed by atoms with E-state index in [9.17, 15) is 24.0 Å². The van der Waals surface area contributed by atoms with Crippen LogP contribution in [0.1, 0.15) is 61.1 Å². The number of alkyl carbamates (subject to hydrolysis) is 1. The lowest BCUT2D eigenvalue weighted by molar-refractivity contribution is -0.127. The first-order chi connectivity index (χ1) is 28.9. The summed E-state index contributed by atoms with van der Waals surface area (Å²) in [6.45, 7) is 7.10. The van der Waals surface area contributed by atoms with Gasteiger partial charge in [0.2, 0.25) is 11.8 Å². The number of carbonyl (C=O) groups is 5. The maximum absolute atomic E-state index is 13.3. The first-order valence-corrected chi connectivity index (χ1v) is 19.9. The van der Waals surface area contributed by atoms with Crippen molar-refractivity contribution in [2.45, 2.75) is 58.6 Å². The first-order valence-electron chi connectivity index (χ1n) is 19.9. The van der Waals surface area contributed by atoms with Crippen LogP contribution in [-0.2, 0) is 32.1 Å². The Morgan fingerprint density at radius 3 is 2.32 bits per heavy atom. The number of carbonyl (C=O) groups excluding carboxylic acids is 5. The van der Waals surface area contributed by atoms with Crippen molar-refractivity contribution in [1.29, 1.82) is 0 Å². The Balaban J connectivity index is 1.04. The second-order valence-corrected chi connectivity index (χ2v) is 14.6. The largest absolute Gasteiger partial charge is 0.445 e. The summed E-state index contributed by atoms with van der Waals surface area (Å²) in [4.78, 5) is 77.2. The van der Waals surface area contributed by atoms with Crippen LogP contribution in [0, 0.1) is 5.92 Å². The Kier molecular flexibility index (Phi) is 16.5. The molecule has 0 saturated carbocycles. The molecule has 1 atom stereocenters. The number of primary amides is 1. The molecule has 18 heteroatoms. The van der Waals surface area contributed by atoms with Gasteiger partial charge in [-0.1, -0.05) is 50.2 Å². The number of anilines is 4. The van der Waals surface area contributed by atoms with Crippen molar-refractivity contribution in [3.05, 3.63) is 90.0 Å². The number of nitrogen functional groups attached to an aromatic ring is 1. The third kappa shape index (κ3) is 13.9. The normalized spacial score (nSPS) is 12.9. The molecule has 0 aliphatic carbocycles. The van der Waals surface area contributed by atoms with Crippen molar-refractivity contribution in [3.63, 3.8) is 0 Å². The summed E-state index contributed by atoms with van der Waals surface area (Å²) in [5, 5.41) is 13.7. The average Bonchev–Trinajstić information content (AvgIpc) is 3.23. The molecule has 18 nitrogen and oxygen atoms in total. The van der Waals surface area contributed by atoms with Gasteiger partial charge in [-0.15, -0.1) is 0 Å². The topological polar surface area (TPSA) is 258 Å². The molecule has 1 fully saturated rings. The zero-order valence-corrected chi connectivity index (χ0v) is 33.9. The Labute approximate surface area is 348 Å². The van der Waals surface area contributed by atoms with Crippen LogP contribution in [0.3, 0.4) is 0 Å². The van der Waals surface area contributed by atoms with Crippen molar-refractivity contribution in [2.24, 2.45) is 11.7 Å². The molecule has 0 spiro atoms. The van der Waals surface area contributed by atoms with E-state index >= 15 is 0 Å². The molecule has 0 unspecified atom stereocenters. The van der Waals surface area contributed by atoms with E-state index in [2.05, 4.69) is 46.4 Å². The molecule has 1 aliphatic rings. The molecule has 5 rings (SSSR count). The van der Waals surface area contributed by atoms with Gasteiger partial charge >= 0.3 is 12.1 Å². The highest BCUT2D eigenvalue weighted by Gasteiger charge is 2.22. The number of amides is 6. The van der Waals surface area contributed by atoms with Crippen LogP contribution >= 0.6 is 0 Å². The number of aromatic nitrogens is 3. The van der Waals surface area contributed by atoms with E-state index in [4.69, 9.17) is 20.9 Å². The minimum atomic E-state index is -0.800. The van der Waals surface area contributed by atoms with Crippen LogP contribution in [0.15, 0.2) is 73.2 Å². The summed E-state index contributed by atoms with van der Waals surface area (Å²) in [5.41, 5.74) is 16.1. The van der Waals surface area contributed by atoms with Crippen LogP contribution in [0.2, 0.25) is 0 Å². The van der Waals surface area contributed by atoms with E-state index in [-0.39, 0.29) is 42.9 Å². The maximum atomic E-state index is 13.3. The number of nitrogens with two attached hydrogens (primary N) is 2. The van der Waals surface area contributed by atoms with Crippen molar-refractivity contribution in [1.82, 2.24) is 30.9 Å². The third-order valence-corrected chi connectivity index (χ3v) is 9.38. The zero-order valence-electron chi connectivity index (χ0n) is 33.9. The van der Waals surface area contributed by atoms with Gasteiger partial charge in [-0.05, 0) is 60.9 Å². The molecule has 2 aromatic heterocycles. The molecule has 60 heavy (non-hydrogen) atoms. The highest BCUT2D eigenvalue weighted by atomic mass is 16.5. The monoisotopic (exact) mass is 823 g/mol. The van der Waals surface area contributed by atoms with Gasteiger partial charge in [0.05, 0.1) is 42.7 Å². The van der Waals surface area contributed by atoms with Gasteiger partial charge in [0.15, 0.2) is 11.5 Å². The van der Waals surface area contributed by atoms with E-state index in [1.807, 2.05) is 44.2 Å². The number of hydrogen-bond acceptors (Lipinski definition) is 12. The molecule has 318 valence electrons. The summed E-state index contributed by atoms with van der Waals surface area (Å²) in [6, 6.07) is 14.9. The highest BCUT2D eigenvalue weighted by Crippen LogP contribution is 2.27. The van der Waals surface area contributed by atoms with Gasteiger partial charge in [0.25, 0.3) is 5.91 Å². The second-order valence-electron chi connectivity index (χ2n) is 14.6. The Bertz CT molecular complexity index is 2080. The zero-order chi connectivity index (χ0) is 42.9. The molecule has 0 bridgehead atoms. The van der Waals surface area contributed by atoms with Crippen LogP contribution in [-0.4, -0.2) is 90.2 Å². The molecular formula is C42H53N11O7. The van der Waals surface area contributed by atoms with Crippen molar-refractivity contribution >= 4 is 52.7 Å². The number of aryl methyl sites for hydroxylation is 1. The second kappa shape index (κ2) is 22.4. The number of nitrogens with zero attached hydrogens (tertiary/aromatic N) is 4. The SMILES string of the molecule is CC(C)CC(=O)N[C@@H](CCCNC(N)=O)C(=O)Nc1ccc(COC(=O)NCCCc2ccc(-c3cnc(N)c(C(=O)Nc4cnccc4N4CCOCC4)n3)cc2)cc1. The maximum Gasteiger partial charge on any atom is 0.407 e. The van der Waals surface area contributed by atoms with Crippen molar-refractivity contribution < 1.29 is 33.4 Å². The summed E-state index contributed by atoms with van der Waals surface area (Å²) < 4.78 is 10.8. The third-order valence-electron chi connectivity index (χ3n) is 9.38. The Morgan fingerprint density at radius 2 is 1.60 bits per heavy atom. The number of rotatable bonds is 19. The molecule has 6 amide bonds. The molecule has 4 aromatic rings. The van der Waals surface area contributed by atoms with Gasteiger partial charge in [0, 0.05) is 50.0 Å². The summed E-state index contributed by atoms with van der Waals surface area (Å²) >= 11 is 0. The van der Waals surface area contributed by atoms with Gasteiger partial charge in [-0.2, -0.15) is 0 Å². The van der Waals surface area contributed by atoms with Gasteiger partial charge in [0.1, 0.15) is 12.6 Å². The fourth-order valence-electron chi connectivity index (χ4n) is 6.30. The predicted octanol–water partition coefficient (Wildman–Crippen LogP) is 3.99. The van der Waals surface area contributed by atoms with E-state index in [0.29, 0.717) is 81.2 Å². The van der Waals surface area contributed by atoms with E-state index in [1.165, 1.54) is 6.20 Å². The number of hydrogen-bond donors (Lipinski definition) is 7. The smallest absolute Gasteiger partial charge is 0.407 e. The lowest BCUT2D eigenvalue weighted by Crippen LogP contribution is -2.44. The number of morpholine rings is 1. The molecule has 3 heterocycles. The first kappa shape index (κ1) is 44.3. The number of pyridine rings is 1. The van der Waals surface area contributed by atoms with E-state index in [1.54, 1.807) is 36.7 Å². The molecule has 2 aromatic carbocycles. The van der Waals surface area contributed by atoms with Crippen molar-refractivity contribution in [3.8, 4) is 11.3 Å². The molecule has 1 aliphatic heterocycles. The Hall–Kier alpha value is -6.82. The van der Waals surface area contributed by atoms with Gasteiger partial charge in [-0.3, -0.25) is 19.4 Å². The number of ether oxygens (including phenoxy) is 2. The quantitative estimate of drug-likeness (QED) is 0.0663. The summed E-state index contributed by atoms with van der Waals surface area (Å²) in [6.07, 6.45) is 6.61.